The van der Waals surface area contributed by atoms with E-state index in [9.17, 15) is 9.59 Å². The van der Waals surface area contributed by atoms with Crippen LogP contribution in [0.25, 0.3) is 0 Å². The first-order valence-corrected chi connectivity index (χ1v) is 3.69. The molecule has 7 heteroatoms. The van der Waals surface area contributed by atoms with E-state index in [0.29, 0.717) is 0 Å². The molecule has 0 aliphatic carbocycles. The molecule has 0 spiro atoms. The van der Waals surface area contributed by atoms with Gasteiger partial charge in [0.05, 0.1) is 11.8 Å². The molecule has 2 amide bonds. The first-order chi connectivity index (χ1) is 5.48. The van der Waals surface area contributed by atoms with E-state index in [1.165, 1.54) is 0 Å². The maximum atomic E-state index is 10.8. The second kappa shape index (κ2) is 2.67. The highest BCUT2D eigenvalue weighted by Gasteiger charge is 2.43. The monoisotopic (exact) mass is 232 g/mol. The standard InChI is InChI=1S/C5H5BrN4O2/c6-5(4(8)12)2(3(7)11)1-9-10-5/h1H,(H2,7,11)(H2,8,12). The summed E-state index contributed by atoms with van der Waals surface area (Å²) >= 11 is 2.87. The lowest BCUT2D eigenvalue weighted by atomic mass is 10.1. The Morgan fingerprint density at radius 2 is 2.08 bits per heavy atom. The van der Waals surface area contributed by atoms with Crippen LogP contribution in [0.2, 0.25) is 0 Å². The smallest absolute Gasteiger partial charge is 0.263 e. The lowest BCUT2D eigenvalue weighted by Crippen LogP contribution is -2.40. The molecule has 0 aromatic rings. The summed E-state index contributed by atoms with van der Waals surface area (Å²) in [6.07, 6.45) is 1.10. The Hall–Kier alpha value is -1.24. The molecule has 4 N–H and O–H groups in total. The van der Waals surface area contributed by atoms with Gasteiger partial charge in [-0.05, 0) is 15.9 Å². The van der Waals surface area contributed by atoms with E-state index in [2.05, 4.69) is 26.2 Å². The fraction of sp³-hybridized carbons (Fsp3) is 0.200. The van der Waals surface area contributed by atoms with Crippen LogP contribution in [-0.4, -0.2) is 16.3 Å². The zero-order valence-corrected chi connectivity index (χ0v) is 7.41. The number of hydrogen-bond donors (Lipinski definition) is 2. The maximum absolute atomic E-state index is 10.8. The van der Waals surface area contributed by atoms with Crippen molar-refractivity contribution < 1.29 is 9.59 Å². The number of amides is 2. The van der Waals surface area contributed by atoms with Crippen LogP contribution in [0.5, 0.6) is 0 Å². The van der Waals surface area contributed by atoms with E-state index < -0.39 is 16.3 Å². The number of azo groups is 1. The average molecular weight is 233 g/mol. The van der Waals surface area contributed by atoms with Crippen molar-refractivity contribution >= 4 is 27.7 Å². The van der Waals surface area contributed by atoms with E-state index >= 15 is 0 Å². The Morgan fingerprint density at radius 3 is 2.42 bits per heavy atom. The Morgan fingerprint density at radius 1 is 1.50 bits per heavy atom. The van der Waals surface area contributed by atoms with E-state index in [4.69, 9.17) is 11.5 Å². The number of primary amides is 2. The van der Waals surface area contributed by atoms with Gasteiger partial charge in [-0.3, -0.25) is 9.59 Å². The van der Waals surface area contributed by atoms with Crippen molar-refractivity contribution in [2.45, 2.75) is 4.45 Å². The molecule has 1 unspecified atom stereocenters. The van der Waals surface area contributed by atoms with E-state index in [0.717, 1.165) is 6.20 Å². The number of carbonyl (C=O) groups excluding carboxylic acids is 2. The van der Waals surface area contributed by atoms with Crippen LogP contribution in [0.4, 0.5) is 0 Å². The Kier molecular flexibility index (Phi) is 1.97. The van der Waals surface area contributed by atoms with Gasteiger partial charge in [0, 0.05) is 0 Å². The number of halogens is 1. The summed E-state index contributed by atoms with van der Waals surface area (Å²) in [5.41, 5.74) is 9.86. The summed E-state index contributed by atoms with van der Waals surface area (Å²) in [5.74, 6) is -1.61. The number of nitrogens with zero attached hydrogens (tertiary/aromatic N) is 2. The first kappa shape index (κ1) is 8.85. The molecular weight excluding hydrogens is 228 g/mol. The Labute approximate surface area is 75.8 Å². The van der Waals surface area contributed by atoms with Gasteiger partial charge < -0.3 is 11.5 Å². The fourth-order valence-electron chi connectivity index (χ4n) is 0.714. The molecule has 12 heavy (non-hydrogen) atoms. The summed E-state index contributed by atoms with van der Waals surface area (Å²) in [5, 5.41) is 6.82. The highest BCUT2D eigenvalue weighted by molar-refractivity contribution is 9.10. The molecule has 1 aliphatic rings. The molecule has 0 aromatic heterocycles. The van der Waals surface area contributed by atoms with Crippen molar-refractivity contribution in [1.82, 2.24) is 0 Å². The van der Waals surface area contributed by atoms with Crippen LogP contribution in [-0.2, 0) is 9.59 Å². The zero-order valence-electron chi connectivity index (χ0n) is 5.82. The molecule has 1 aliphatic heterocycles. The molecule has 1 atom stereocenters. The maximum Gasteiger partial charge on any atom is 0.263 e. The molecule has 6 nitrogen and oxygen atoms in total. The molecule has 0 bridgehead atoms. The summed E-state index contributed by atoms with van der Waals surface area (Å²) in [4.78, 5) is 21.5. The van der Waals surface area contributed by atoms with Crippen LogP contribution in [0.3, 0.4) is 0 Å². The van der Waals surface area contributed by atoms with Gasteiger partial charge in [0.1, 0.15) is 0 Å². The lowest BCUT2D eigenvalue weighted by molar-refractivity contribution is -0.121. The predicted octanol–water partition coefficient (Wildman–Crippen LogP) is -0.602. The summed E-state index contributed by atoms with van der Waals surface area (Å²) in [6, 6.07) is 0. The Balaban J connectivity index is 3.09. The number of alkyl halides is 1. The second-order valence-electron chi connectivity index (χ2n) is 2.11. The minimum atomic E-state index is -1.57. The van der Waals surface area contributed by atoms with Crippen LogP contribution in [0, 0.1) is 0 Å². The highest BCUT2D eigenvalue weighted by atomic mass is 79.9. The normalized spacial score (nSPS) is 26.9. The number of carbonyl (C=O) groups is 2. The van der Waals surface area contributed by atoms with Crippen LogP contribution in [0.15, 0.2) is 22.0 Å². The minimum absolute atomic E-state index is 0.0602. The van der Waals surface area contributed by atoms with Gasteiger partial charge in [-0.15, -0.1) is 0 Å². The van der Waals surface area contributed by atoms with Crippen molar-refractivity contribution in [3.05, 3.63) is 11.8 Å². The van der Waals surface area contributed by atoms with E-state index in [1.54, 1.807) is 0 Å². The molecule has 1 heterocycles. The molecule has 1 rings (SSSR count). The van der Waals surface area contributed by atoms with Crippen molar-refractivity contribution in [1.29, 1.82) is 0 Å². The third-order valence-corrected chi connectivity index (χ3v) is 2.31. The quantitative estimate of drug-likeness (QED) is 0.490. The minimum Gasteiger partial charge on any atom is -0.366 e. The van der Waals surface area contributed by atoms with Crippen LogP contribution < -0.4 is 11.5 Å². The number of rotatable bonds is 2. The van der Waals surface area contributed by atoms with E-state index in [1.807, 2.05) is 0 Å². The van der Waals surface area contributed by atoms with Gasteiger partial charge in [-0.2, -0.15) is 10.2 Å². The Bertz CT molecular complexity index is 311. The molecule has 0 saturated carbocycles. The topological polar surface area (TPSA) is 111 Å². The van der Waals surface area contributed by atoms with Gasteiger partial charge in [0.15, 0.2) is 0 Å². The number of hydrogen-bond acceptors (Lipinski definition) is 4. The molecule has 0 radical (unpaired) electrons. The molecule has 0 saturated heterocycles. The summed E-state index contributed by atoms with van der Waals surface area (Å²) in [7, 11) is 0. The highest BCUT2D eigenvalue weighted by Crippen LogP contribution is 2.33. The fourth-order valence-corrected chi connectivity index (χ4v) is 1.10. The molecule has 64 valence electrons. The van der Waals surface area contributed by atoms with Gasteiger partial charge in [0.2, 0.25) is 10.4 Å². The third-order valence-electron chi connectivity index (χ3n) is 1.33. The summed E-state index contributed by atoms with van der Waals surface area (Å²) < 4.78 is -1.57. The largest absolute Gasteiger partial charge is 0.366 e. The van der Waals surface area contributed by atoms with Gasteiger partial charge in [-0.25, -0.2) is 0 Å². The predicted molar refractivity (Wildman–Crippen MR) is 43.0 cm³/mol. The van der Waals surface area contributed by atoms with Gasteiger partial charge in [0.25, 0.3) is 5.91 Å². The first-order valence-electron chi connectivity index (χ1n) is 2.90. The third kappa shape index (κ3) is 1.11. The van der Waals surface area contributed by atoms with Gasteiger partial charge >= 0.3 is 0 Å². The molecular formula is C5H5BrN4O2. The van der Waals surface area contributed by atoms with Crippen molar-refractivity contribution in [2.24, 2.45) is 21.7 Å². The van der Waals surface area contributed by atoms with Crippen LogP contribution in [0.1, 0.15) is 0 Å². The number of nitrogens with two attached hydrogens (primary N) is 2. The summed E-state index contributed by atoms with van der Waals surface area (Å²) in [6.45, 7) is 0. The van der Waals surface area contributed by atoms with Gasteiger partial charge in [-0.1, -0.05) is 0 Å². The van der Waals surface area contributed by atoms with E-state index in [-0.39, 0.29) is 5.57 Å². The van der Waals surface area contributed by atoms with Crippen LogP contribution >= 0.6 is 15.9 Å². The molecule has 0 aromatic carbocycles. The van der Waals surface area contributed by atoms with Crippen molar-refractivity contribution in [2.75, 3.05) is 0 Å². The zero-order chi connectivity index (χ0) is 9.35. The average Bonchev–Trinajstić information content (AvgIpc) is 2.32. The lowest BCUT2D eigenvalue weighted by Gasteiger charge is -2.13. The second-order valence-corrected chi connectivity index (χ2v) is 3.26. The SMILES string of the molecule is NC(=O)C1=CN=NC1(Br)C(N)=O. The molecule has 0 fully saturated rings. The van der Waals surface area contributed by atoms with Crippen molar-refractivity contribution in [3.63, 3.8) is 0 Å². The van der Waals surface area contributed by atoms with Crippen molar-refractivity contribution in [3.8, 4) is 0 Å².